The predicted octanol–water partition coefficient (Wildman–Crippen LogP) is 2.92. The summed E-state index contributed by atoms with van der Waals surface area (Å²) in [5.74, 6) is 1.50. The Morgan fingerprint density at radius 1 is 1.14 bits per heavy atom. The molecular weight excluding hydrogens is 448 g/mol. The average Bonchev–Trinajstić information content (AvgIpc) is 3.45. The molecule has 1 N–H and O–H groups in total. The monoisotopic (exact) mass is 484 g/mol. The first-order chi connectivity index (χ1) is 16.6. The summed E-state index contributed by atoms with van der Waals surface area (Å²) in [6.07, 6.45) is 6.85. The molecule has 9 nitrogen and oxygen atoms in total. The molecule has 2 aliphatic heterocycles. The Balaban J connectivity index is 1.01. The molecule has 6 rings (SSSR count). The molecule has 3 heterocycles. The molecule has 2 saturated heterocycles. The molecule has 0 unspecified atom stereocenters. The number of amides is 3. The van der Waals surface area contributed by atoms with Gasteiger partial charge in [-0.2, -0.15) is 0 Å². The zero-order chi connectivity index (χ0) is 24.5. The highest BCUT2D eigenvalue weighted by molar-refractivity contribution is 5.94. The number of rotatable bonds is 3. The quantitative estimate of drug-likeness (QED) is 0.707. The van der Waals surface area contributed by atoms with Crippen LogP contribution in [-0.2, 0) is 22.4 Å². The number of hydrogen-bond donors (Lipinski definition) is 1. The number of carbonyl (C=O) groups is 3. The predicted molar refractivity (Wildman–Crippen MR) is 126 cm³/mol. The van der Waals surface area contributed by atoms with Gasteiger partial charge in [-0.25, -0.2) is 4.79 Å². The minimum absolute atomic E-state index is 0.00497. The minimum Gasteiger partial charge on any atom is -0.444 e. The number of aryl methyl sites for hydroxylation is 1. The van der Waals surface area contributed by atoms with Gasteiger partial charge < -0.3 is 24.4 Å². The van der Waals surface area contributed by atoms with E-state index in [1.54, 1.807) is 4.90 Å². The molecule has 1 spiro atoms. The van der Waals surface area contributed by atoms with Crippen molar-refractivity contribution in [3.63, 3.8) is 0 Å². The van der Waals surface area contributed by atoms with Crippen molar-refractivity contribution in [2.75, 3.05) is 19.6 Å². The molecule has 3 aliphatic carbocycles. The minimum atomic E-state index is -0.495. The summed E-state index contributed by atoms with van der Waals surface area (Å²) < 4.78 is 11.0. The van der Waals surface area contributed by atoms with Crippen LogP contribution >= 0.6 is 0 Å². The zero-order valence-electron chi connectivity index (χ0n) is 21.0. The Morgan fingerprint density at radius 3 is 2.57 bits per heavy atom. The maximum Gasteiger partial charge on any atom is 0.410 e. The van der Waals surface area contributed by atoms with Crippen molar-refractivity contribution >= 4 is 17.9 Å². The van der Waals surface area contributed by atoms with E-state index < -0.39 is 5.60 Å². The molecule has 190 valence electrons. The standard InChI is InChI=1S/C26H36N4O5/c1-25(2,3)34-24(33)29-13-26(14-29)10-16(11-26)22(31)27-17-5-7-20-19(9-17)21(28-35-20)23(32)30-12-15-4-6-18(30)8-15/h15-18H,4-14H2,1-3H3,(H,27,31)/t15-,17-,18-/m0/s1. The van der Waals surface area contributed by atoms with Crippen LogP contribution in [0.2, 0.25) is 0 Å². The topological polar surface area (TPSA) is 105 Å². The maximum atomic E-state index is 13.2. The molecule has 9 heteroatoms. The molecule has 4 fully saturated rings. The molecule has 2 saturated carbocycles. The number of ether oxygens (including phenoxy) is 1. The number of fused-ring (bicyclic) bond motifs is 3. The van der Waals surface area contributed by atoms with Gasteiger partial charge in [0, 0.05) is 55.0 Å². The van der Waals surface area contributed by atoms with Gasteiger partial charge in [0.25, 0.3) is 5.91 Å². The summed E-state index contributed by atoms with van der Waals surface area (Å²) in [7, 11) is 0. The molecule has 35 heavy (non-hydrogen) atoms. The van der Waals surface area contributed by atoms with Gasteiger partial charge in [-0.05, 0) is 71.6 Å². The summed E-state index contributed by atoms with van der Waals surface area (Å²) in [5, 5.41) is 7.39. The van der Waals surface area contributed by atoms with Crippen molar-refractivity contribution in [2.24, 2.45) is 17.3 Å². The third kappa shape index (κ3) is 4.10. The first kappa shape index (κ1) is 22.9. The van der Waals surface area contributed by atoms with E-state index in [2.05, 4.69) is 10.5 Å². The molecular formula is C26H36N4O5. The van der Waals surface area contributed by atoms with Crippen LogP contribution in [0.1, 0.15) is 81.1 Å². The lowest BCUT2D eigenvalue weighted by atomic mass is 9.57. The maximum absolute atomic E-state index is 13.2. The molecule has 0 radical (unpaired) electrons. The van der Waals surface area contributed by atoms with E-state index >= 15 is 0 Å². The second-order valence-corrected chi connectivity index (χ2v) is 12.6. The highest BCUT2D eigenvalue weighted by Gasteiger charge is 2.56. The largest absolute Gasteiger partial charge is 0.444 e. The highest BCUT2D eigenvalue weighted by Crippen LogP contribution is 2.52. The van der Waals surface area contributed by atoms with E-state index in [1.165, 1.54) is 6.42 Å². The van der Waals surface area contributed by atoms with E-state index in [1.807, 2.05) is 25.7 Å². The molecule has 2 bridgehead atoms. The third-order valence-corrected chi connectivity index (χ3v) is 8.69. The summed E-state index contributed by atoms with van der Waals surface area (Å²) in [6.45, 7) is 7.78. The van der Waals surface area contributed by atoms with E-state index in [9.17, 15) is 14.4 Å². The molecule has 5 aliphatic rings. The average molecular weight is 485 g/mol. The second-order valence-electron chi connectivity index (χ2n) is 12.6. The Labute approximate surface area is 205 Å². The molecule has 0 aromatic carbocycles. The van der Waals surface area contributed by atoms with Gasteiger partial charge in [0.2, 0.25) is 5.91 Å². The normalized spacial score (nSPS) is 28.9. The van der Waals surface area contributed by atoms with Crippen molar-refractivity contribution in [1.29, 1.82) is 0 Å². The fourth-order valence-corrected chi connectivity index (χ4v) is 6.97. The summed E-state index contributed by atoms with van der Waals surface area (Å²) >= 11 is 0. The third-order valence-electron chi connectivity index (χ3n) is 8.69. The Morgan fingerprint density at radius 2 is 1.91 bits per heavy atom. The van der Waals surface area contributed by atoms with Gasteiger partial charge in [0.15, 0.2) is 5.69 Å². The molecule has 1 aromatic heterocycles. The zero-order valence-corrected chi connectivity index (χ0v) is 21.0. The van der Waals surface area contributed by atoms with E-state index in [0.29, 0.717) is 43.6 Å². The number of piperidine rings is 1. The van der Waals surface area contributed by atoms with Crippen molar-refractivity contribution in [1.82, 2.24) is 20.3 Å². The van der Waals surface area contributed by atoms with Crippen LogP contribution in [0, 0.1) is 17.3 Å². The van der Waals surface area contributed by atoms with Crippen molar-refractivity contribution in [3.8, 4) is 0 Å². The van der Waals surface area contributed by atoms with Gasteiger partial charge >= 0.3 is 6.09 Å². The fourth-order valence-electron chi connectivity index (χ4n) is 6.97. The number of hydrogen-bond acceptors (Lipinski definition) is 6. The first-order valence-corrected chi connectivity index (χ1v) is 13.2. The number of carbonyl (C=O) groups excluding carboxylic acids is 3. The van der Waals surface area contributed by atoms with Crippen LogP contribution in [0.15, 0.2) is 4.52 Å². The molecule has 1 aromatic rings. The van der Waals surface area contributed by atoms with Gasteiger partial charge in [0.1, 0.15) is 11.4 Å². The summed E-state index contributed by atoms with van der Waals surface area (Å²) in [5.41, 5.74) is 0.907. The number of nitrogens with one attached hydrogen (secondary N) is 1. The molecule has 3 amide bonds. The van der Waals surface area contributed by atoms with Gasteiger partial charge in [0.05, 0.1) is 0 Å². The number of nitrogens with zero attached hydrogens (tertiary/aromatic N) is 3. The Kier molecular flexibility index (Phi) is 5.20. The Hall–Kier alpha value is -2.58. The van der Waals surface area contributed by atoms with Crippen LogP contribution in [0.3, 0.4) is 0 Å². The SMILES string of the molecule is CC(C)(C)OC(=O)N1CC2(CC(C(=O)N[C@H]3CCc4onc(C(=O)N5C[C@H]6CC[C@H]5C6)c4C3)C2)C1. The number of aromatic nitrogens is 1. The second kappa shape index (κ2) is 7.96. The van der Waals surface area contributed by atoms with E-state index in [0.717, 1.165) is 50.0 Å². The first-order valence-electron chi connectivity index (χ1n) is 13.2. The van der Waals surface area contributed by atoms with E-state index in [-0.39, 0.29) is 35.3 Å². The van der Waals surface area contributed by atoms with Gasteiger partial charge in [-0.3, -0.25) is 9.59 Å². The van der Waals surface area contributed by atoms with Crippen molar-refractivity contribution in [3.05, 3.63) is 17.0 Å². The lowest BCUT2D eigenvalue weighted by Gasteiger charge is -2.58. The van der Waals surface area contributed by atoms with Crippen LogP contribution in [0.4, 0.5) is 4.79 Å². The Bertz CT molecular complexity index is 1040. The van der Waals surface area contributed by atoms with Crippen LogP contribution in [0.5, 0.6) is 0 Å². The van der Waals surface area contributed by atoms with Gasteiger partial charge in [-0.1, -0.05) is 5.16 Å². The van der Waals surface area contributed by atoms with Crippen LogP contribution < -0.4 is 5.32 Å². The number of likely N-dealkylation sites (tertiary alicyclic amines) is 2. The van der Waals surface area contributed by atoms with E-state index in [4.69, 9.17) is 9.26 Å². The van der Waals surface area contributed by atoms with Crippen molar-refractivity contribution in [2.45, 2.75) is 89.8 Å². The van der Waals surface area contributed by atoms with Gasteiger partial charge in [-0.15, -0.1) is 0 Å². The smallest absolute Gasteiger partial charge is 0.410 e. The summed E-state index contributed by atoms with van der Waals surface area (Å²) in [4.78, 5) is 42.1. The van der Waals surface area contributed by atoms with Crippen LogP contribution in [0.25, 0.3) is 0 Å². The highest BCUT2D eigenvalue weighted by atomic mass is 16.6. The van der Waals surface area contributed by atoms with Crippen molar-refractivity contribution < 1.29 is 23.6 Å². The lowest BCUT2D eigenvalue weighted by Crippen LogP contribution is -2.66. The summed E-state index contributed by atoms with van der Waals surface area (Å²) in [6, 6.07) is 0.342. The molecule has 3 atom stereocenters. The fraction of sp³-hybridized carbons (Fsp3) is 0.769. The van der Waals surface area contributed by atoms with Crippen LogP contribution in [-0.4, -0.2) is 70.2 Å². The lowest BCUT2D eigenvalue weighted by molar-refractivity contribution is -0.143.